The normalized spacial score (nSPS) is 10.9. The standard InChI is InChI=1S/C16H16N2OS/c1-9-5-4-6-10(2)16(9)19-14-8-13-15(7-12(14)17)20-11(3)18-13/h4-8H,17H2,1-3H3. The molecule has 2 aromatic carbocycles. The Morgan fingerprint density at radius 3 is 2.50 bits per heavy atom. The highest BCUT2D eigenvalue weighted by molar-refractivity contribution is 7.18. The Labute approximate surface area is 122 Å². The summed E-state index contributed by atoms with van der Waals surface area (Å²) in [4.78, 5) is 4.48. The first-order chi connectivity index (χ1) is 9.54. The van der Waals surface area contributed by atoms with Gasteiger partial charge < -0.3 is 10.5 Å². The zero-order valence-corrected chi connectivity index (χ0v) is 12.5. The van der Waals surface area contributed by atoms with Gasteiger partial charge >= 0.3 is 0 Å². The molecule has 0 saturated carbocycles. The van der Waals surface area contributed by atoms with E-state index < -0.39 is 0 Å². The summed E-state index contributed by atoms with van der Waals surface area (Å²) in [6.45, 7) is 6.06. The average molecular weight is 284 g/mol. The number of thiazole rings is 1. The van der Waals surface area contributed by atoms with E-state index in [0.717, 1.165) is 32.1 Å². The van der Waals surface area contributed by atoms with Crippen molar-refractivity contribution >= 4 is 27.2 Å². The molecular weight excluding hydrogens is 268 g/mol. The molecule has 3 rings (SSSR count). The highest BCUT2D eigenvalue weighted by atomic mass is 32.1. The van der Waals surface area contributed by atoms with E-state index in [1.165, 1.54) is 0 Å². The number of rotatable bonds is 2. The largest absolute Gasteiger partial charge is 0.455 e. The predicted molar refractivity (Wildman–Crippen MR) is 84.8 cm³/mol. The Kier molecular flexibility index (Phi) is 3.10. The van der Waals surface area contributed by atoms with Gasteiger partial charge in [0, 0.05) is 6.07 Å². The first-order valence-electron chi connectivity index (χ1n) is 6.45. The number of hydrogen-bond donors (Lipinski definition) is 1. The Balaban J connectivity index is 2.08. The van der Waals surface area contributed by atoms with Crippen LogP contribution < -0.4 is 10.5 Å². The molecule has 0 amide bonds. The molecule has 3 aromatic rings. The molecule has 4 heteroatoms. The highest BCUT2D eigenvalue weighted by Crippen LogP contribution is 2.36. The van der Waals surface area contributed by atoms with Crippen LogP contribution in [0.15, 0.2) is 30.3 Å². The van der Waals surface area contributed by atoms with Crippen molar-refractivity contribution in [2.24, 2.45) is 0 Å². The first-order valence-corrected chi connectivity index (χ1v) is 7.27. The van der Waals surface area contributed by atoms with Gasteiger partial charge in [0.05, 0.1) is 20.9 Å². The summed E-state index contributed by atoms with van der Waals surface area (Å²) in [6.07, 6.45) is 0. The van der Waals surface area contributed by atoms with E-state index in [1.807, 2.05) is 51.1 Å². The first kappa shape index (κ1) is 12.9. The molecule has 0 aliphatic heterocycles. The second-order valence-electron chi connectivity index (χ2n) is 4.91. The zero-order chi connectivity index (χ0) is 14.3. The number of aryl methyl sites for hydroxylation is 3. The van der Waals surface area contributed by atoms with Crippen molar-refractivity contribution in [1.82, 2.24) is 4.98 Å². The van der Waals surface area contributed by atoms with Gasteiger partial charge in [-0.25, -0.2) is 4.98 Å². The minimum Gasteiger partial charge on any atom is -0.455 e. The summed E-state index contributed by atoms with van der Waals surface area (Å²) in [7, 11) is 0. The molecule has 0 aliphatic carbocycles. The van der Waals surface area contributed by atoms with Crippen molar-refractivity contribution in [1.29, 1.82) is 0 Å². The number of nitrogens with zero attached hydrogens (tertiary/aromatic N) is 1. The van der Waals surface area contributed by atoms with E-state index >= 15 is 0 Å². The molecule has 20 heavy (non-hydrogen) atoms. The van der Waals surface area contributed by atoms with Gasteiger partial charge in [-0.05, 0) is 38.0 Å². The van der Waals surface area contributed by atoms with Crippen LogP contribution in [-0.2, 0) is 0 Å². The molecular formula is C16H16N2OS. The number of nitrogen functional groups attached to an aromatic ring is 1. The van der Waals surface area contributed by atoms with Crippen molar-refractivity contribution in [2.45, 2.75) is 20.8 Å². The summed E-state index contributed by atoms with van der Waals surface area (Å²) in [6, 6.07) is 9.94. The van der Waals surface area contributed by atoms with Gasteiger partial charge in [-0.2, -0.15) is 0 Å². The van der Waals surface area contributed by atoms with Crippen molar-refractivity contribution in [3.63, 3.8) is 0 Å². The minimum atomic E-state index is 0.642. The van der Waals surface area contributed by atoms with Crippen LogP contribution >= 0.6 is 11.3 Å². The van der Waals surface area contributed by atoms with Gasteiger partial charge in [-0.1, -0.05) is 18.2 Å². The maximum Gasteiger partial charge on any atom is 0.152 e. The Morgan fingerprint density at radius 2 is 1.80 bits per heavy atom. The van der Waals surface area contributed by atoms with Gasteiger partial charge in [0.1, 0.15) is 5.75 Å². The lowest BCUT2D eigenvalue weighted by molar-refractivity contribution is 0.478. The monoisotopic (exact) mass is 284 g/mol. The van der Waals surface area contributed by atoms with E-state index in [9.17, 15) is 0 Å². The minimum absolute atomic E-state index is 0.642. The van der Waals surface area contributed by atoms with E-state index in [1.54, 1.807) is 11.3 Å². The third-order valence-electron chi connectivity index (χ3n) is 3.25. The molecule has 102 valence electrons. The molecule has 1 aromatic heterocycles. The van der Waals surface area contributed by atoms with Gasteiger partial charge in [0.25, 0.3) is 0 Å². The maximum absolute atomic E-state index is 6.10. The molecule has 0 fully saturated rings. The third-order valence-corrected chi connectivity index (χ3v) is 4.18. The fourth-order valence-corrected chi connectivity index (χ4v) is 3.10. The number of benzene rings is 2. The smallest absolute Gasteiger partial charge is 0.152 e. The molecule has 0 saturated heterocycles. The number of aromatic nitrogens is 1. The molecule has 0 bridgehead atoms. The number of hydrogen-bond acceptors (Lipinski definition) is 4. The van der Waals surface area contributed by atoms with E-state index in [4.69, 9.17) is 10.5 Å². The van der Waals surface area contributed by atoms with Gasteiger partial charge in [0.2, 0.25) is 0 Å². The van der Waals surface area contributed by atoms with Gasteiger partial charge in [0.15, 0.2) is 5.75 Å². The molecule has 0 aliphatic rings. The topological polar surface area (TPSA) is 48.1 Å². The number of nitrogens with two attached hydrogens (primary N) is 1. The number of ether oxygens (including phenoxy) is 1. The third kappa shape index (κ3) is 2.23. The Morgan fingerprint density at radius 1 is 1.10 bits per heavy atom. The number of anilines is 1. The van der Waals surface area contributed by atoms with E-state index in [-0.39, 0.29) is 0 Å². The van der Waals surface area contributed by atoms with Crippen molar-refractivity contribution in [3.8, 4) is 11.5 Å². The Bertz CT molecular complexity index is 772. The maximum atomic E-state index is 6.10. The molecule has 3 nitrogen and oxygen atoms in total. The van der Waals surface area contributed by atoms with Crippen LogP contribution in [0.2, 0.25) is 0 Å². The van der Waals surface area contributed by atoms with E-state index in [2.05, 4.69) is 4.98 Å². The van der Waals surface area contributed by atoms with Crippen LogP contribution in [0.25, 0.3) is 10.2 Å². The average Bonchev–Trinajstić information content (AvgIpc) is 2.73. The van der Waals surface area contributed by atoms with Crippen molar-refractivity contribution < 1.29 is 4.74 Å². The zero-order valence-electron chi connectivity index (χ0n) is 11.7. The number of fused-ring (bicyclic) bond motifs is 1. The molecule has 0 atom stereocenters. The predicted octanol–water partition coefficient (Wildman–Crippen LogP) is 4.60. The lowest BCUT2D eigenvalue weighted by atomic mass is 10.1. The molecule has 0 unspecified atom stereocenters. The highest BCUT2D eigenvalue weighted by Gasteiger charge is 2.10. The summed E-state index contributed by atoms with van der Waals surface area (Å²) >= 11 is 1.64. The molecule has 1 heterocycles. The lowest BCUT2D eigenvalue weighted by Crippen LogP contribution is -1.95. The SMILES string of the molecule is Cc1nc2cc(Oc3c(C)cccc3C)c(N)cc2s1. The second kappa shape index (κ2) is 4.80. The van der Waals surface area contributed by atoms with Crippen molar-refractivity contribution in [3.05, 3.63) is 46.5 Å². The van der Waals surface area contributed by atoms with Crippen LogP contribution in [0.5, 0.6) is 11.5 Å². The van der Waals surface area contributed by atoms with Crippen LogP contribution in [0, 0.1) is 20.8 Å². The lowest BCUT2D eigenvalue weighted by Gasteiger charge is -2.13. The molecule has 0 radical (unpaired) electrons. The molecule has 2 N–H and O–H groups in total. The van der Waals surface area contributed by atoms with Crippen molar-refractivity contribution in [2.75, 3.05) is 5.73 Å². The van der Waals surface area contributed by atoms with Crippen LogP contribution in [0.3, 0.4) is 0 Å². The fraction of sp³-hybridized carbons (Fsp3) is 0.188. The fourth-order valence-electron chi connectivity index (χ4n) is 2.24. The molecule has 0 spiro atoms. The number of para-hydroxylation sites is 1. The van der Waals surface area contributed by atoms with Gasteiger partial charge in [-0.15, -0.1) is 11.3 Å². The van der Waals surface area contributed by atoms with Crippen LogP contribution in [-0.4, -0.2) is 4.98 Å². The summed E-state index contributed by atoms with van der Waals surface area (Å²) in [5, 5.41) is 1.03. The van der Waals surface area contributed by atoms with Gasteiger partial charge in [-0.3, -0.25) is 0 Å². The van der Waals surface area contributed by atoms with Crippen LogP contribution in [0.1, 0.15) is 16.1 Å². The second-order valence-corrected chi connectivity index (χ2v) is 6.15. The quantitative estimate of drug-likeness (QED) is 0.700. The van der Waals surface area contributed by atoms with E-state index in [0.29, 0.717) is 11.4 Å². The van der Waals surface area contributed by atoms with Crippen LogP contribution in [0.4, 0.5) is 5.69 Å². The summed E-state index contributed by atoms with van der Waals surface area (Å²) < 4.78 is 7.12. The Hall–Kier alpha value is -2.07. The summed E-state index contributed by atoms with van der Waals surface area (Å²) in [5.41, 5.74) is 9.87. The summed E-state index contributed by atoms with van der Waals surface area (Å²) in [5.74, 6) is 1.53.